The smallest absolute Gasteiger partial charge is 0.253 e. The van der Waals surface area contributed by atoms with Crippen LogP contribution in [-0.4, -0.2) is 65.9 Å². The van der Waals surface area contributed by atoms with Crippen molar-refractivity contribution in [2.45, 2.75) is 78.6 Å². The summed E-state index contributed by atoms with van der Waals surface area (Å²) in [6, 6.07) is 15.0. The lowest BCUT2D eigenvalue weighted by molar-refractivity contribution is 0.0950. The van der Waals surface area contributed by atoms with E-state index in [2.05, 4.69) is 57.4 Å². The van der Waals surface area contributed by atoms with Crippen LogP contribution in [0.4, 0.5) is 5.69 Å². The number of carbonyl (C=O) groups is 1. The van der Waals surface area contributed by atoms with Crippen LogP contribution in [0.15, 0.2) is 47.3 Å². The minimum absolute atomic E-state index is 0.163. The third kappa shape index (κ3) is 7.37. The van der Waals surface area contributed by atoms with Crippen molar-refractivity contribution < 1.29 is 14.6 Å². The number of β-amino-alcohol motifs (C(OH)–C–C–N with tert-alkyl or cyclic N) is 1. The van der Waals surface area contributed by atoms with Gasteiger partial charge in [-0.1, -0.05) is 24.3 Å². The predicted molar refractivity (Wildman–Crippen MR) is 172 cm³/mol. The van der Waals surface area contributed by atoms with E-state index in [4.69, 9.17) is 4.74 Å². The molecule has 0 bridgehead atoms. The first-order chi connectivity index (χ1) is 20.7. The van der Waals surface area contributed by atoms with Gasteiger partial charge in [-0.2, -0.15) is 0 Å². The Labute approximate surface area is 255 Å². The van der Waals surface area contributed by atoms with Crippen LogP contribution in [0.2, 0.25) is 0 Å². The molecule has 0 spiro atoms. The maximum absolute atomic E-state index is 13.8. The van der Waals surface area contributed by atoms with Gasteiger partial charge in [-0.25, -0.2) is 0 Å². The summed E-state index contributed by atoms with van der Waals surface area (Å²) in [6.45, 7) is 12.9. The number of pyridine rings is 1. The molecule has 1 unspecified atom stereocenters. The number of ether oxygens (including phenoxy) is 1. The number of aromatic nitrogens is 1. The summed E-state index contributed by atoms with van der Waals surface area (Å²) in [4.78, 5) is 34.0. The summed E-state index contributed by atoms with van der Waals surface area (Å²) in [5.41, 5.74) is 7.93. The van der Waals surface area contributed by atoms with Gasteiger partial charge in [0.2, 0.25) is 0 Å². The number of aliphatic hydroxyl groups is 1. The first-order valence-electron chi connectivity index (χ1n) is 15.7. The minimum atomic E-state index is -0.232. The topological polar surface area (TPSA) is 97.9 Å². The highest BCUT2D eigenvalue weighted by Crippen LogP contribution is 2.34. The molecule has 1 aromatic heterocycles. The third-order valence-electron chi connectivity index (χ3n) is 9.00. The number of nitrogens with one attached hydrogen (secondary N) is 2. The minimum Gasteiger partial charge on any atom is -0.392 e. The first-order valence-corrected chi connectivity index (χ1v) is 15.7. The molecule has 2 aliphatic heterocycles. The molecule has 0 saturated carbocycles. The zero-order chi connectivity index (χ0) is 30.5. The van der Waals surface area contributed by atoms with Gasteiger partial charge in [0.05, 0.1) is 6.10 Å². The van der Waals surface area contributed by atoms with E-state index >= 15 is 0 Å². The van der Waals surface area contributed by atoms with Gasteiger partial charge in [-0.15, -0.1) is 0 Å². The van der Waals surface area contributed by atoms with E-state index in [1.165, 1.54) is 5.56 Å². The van der Waals surface area contributed by atoms with Crippen molar-refractivity contribution in [2.75, 3.05) is 37.7 Å². The van der Waals surface area contributed by atoms with E-state index in [-0.39, 0.29) is 24.1 Å². The lowest BCUT2D eigenvalue weighted by Gasteiger charge is -2.34. The van der Waals surface area contributed by atoms with Gasteiger partial charge in [-0.05, 0) is 99.4 Å². The second kappa shape index (κ2) is 13.9. The summed E-state index contributed by atoms with van der Waals surface area (Å²) >= 11 is 0. The van der Waals surface area contributed by atoms with Crippen LogP contribution in [-0.2, 0) is 17.8 Å². The normalized spacial score (nSPS) is 19.3. The first kappa shape index (κ1) is 31.0. The van der Waals surface area contributed by atoms with Crippen LogP contribution in [0.3, 0.4) is 0 Å². The summed E-state index contributed by atoms with van der Waals surface area (Å²) in [6.07, 6.45) is 3.62. The van der Waals surface area contributed by atoms with Crippen molar-refractivity contribution in [2.24, 2.45) is 0 Å². The van der Waals surface area contributed by atoms with Crippen LogP contribution in [0, 0.1) is 20.8 Å². The highest BCUT2D eigenvalue weighted by molar-refractivity contribution is 5.99. The maximum atomic E-state index is 13.8. The van der Waals surface area contributed by atoms with E-state index < -0.39 is 0 Å². The molecule has 1 amide bonds. The molecule has 5 rings (SSSR count). The molecule has 3 heterocycles. The number of hydrogen-bond donors (Lipinski definition) is 3. The van der Waals surface area contributed by atoms with Crippen molar-refractivity contribution in [3.05, 3.63) is 86.3 Å². The van der Waals surface area contributed by atoms with Crippen LogP contribution in [0.5, 0.6) is 0 Å². The van der Waals surface area contributed by atoms with E-state index in [1.807, 2.05) is 32.9 Å². The molecule has 0 radical (unpaired) electrons. The Bertz CT molecular complexity index is 1470. The SMILES string of the molecule is CCN(c1cc(-c2ccc(CN3CC[C@@H](O)C3)cc2)cc(C(=O)NCc2c(C)cc(C)[nH]c2=O)c1C)C1CCCOCC1. The lowest BCUT2D eigenvalue weighted by Crippen LogP contribution is -2.36. The predicted octanol–water partition coefficient (Wildman–Crippen LogP) is 4.86. The average molecular weight is 587 g/mol. The number of aryl methyl sites for hydroxylation is 2. The van der Waals surface area contributed by atoms with Gasteiger partial charge >= 0.3 is 0 Å². The standard InChI is InChI=1S/C35H46N4O4/c1-5-39(29-7-6-15-43-16-13-29)33-19-28(27-10-8-26(9-11-27)21-38-14-12-30(40)22-38)18-31(25(33)4)34(41)36-20-32-23(2)17-24(3)37-35(32)42/h8-11,17-19,29-30,40H,5-7,12-16,20-22H2,1-4H3,(H,36,41)(H,37,42)/t29?,30-/m1/s1. The molecular formula is C35H46N4O4. The van der Waals surface area contributed by atoms with Gasteiger partial charge < -0.3 is 25.0 Å². The van der Waals surface area contributed by atoms with E-state index in [0.29, 0.717) is 23.7 Å². The van der Waals surface area contributed by atoms with Gasteiger partial charge in [-0.3, -0.25) is 14.5 Å². The van der Waals surface area contributed by atoms with Crippen LogP contribution < -0.4 is 15.8 Å². The Morgan fingerprint density at radius 3 is 2.56 bits per heavy atom. The van der Waals surface area contributed by atoms with Crippen molar-refractivity contribution >= 4 is 11.6 Å². The molecule has 2 fully saturated rings. The molecule has 3 N–H and O–H groups in total. The molecule has 2 atom stereocenters. The number of nitrogens with zero attached hydrogens (tertiary/aromatic N) is 2. The number of anilines is 1. The fraction of sp³-hybridized carbons (Fsp3) is 0.486. The van der Waals surface area contributed by atoms with Crippen LogP contribution in [0.1, 0.15) is 70.9 Å². The van der Waals surface area contributed by atoms with E-state index in [9.17, 15) is 14.7 Å². The number of amides is 1. The molecule has 2 aliphatic rings. The fourth-order valence-electron chi connectivity index (χ4n) is 6.61. The highest BCUT2D eigenvalue weighted by Gasteiger charge is 2.25. The number of aromatic amines is 1. The number of hydrogen-bond acceptors (Lipinski definition) is 6. The molecule has 0 aliphatic carbocycles. The number of likely N-dealkylation sites (tertiary alicyclic amines) is 1. The molecule has 8 heteroatoms. The summed E-state index contributed by atoms with van der Waals surface area (Å²) in [5.74, 6) is -0.190. The van der Waals surface area contributed by atoms with Gasteiger partial charge in [0.25, 0.3) is 11.5 Å². The number of carbonyl (C=O) groups excluding carboxylic acids is 1. The van der Waals surface area contributed by atoms with Crippen molar-refractivity contribution in [1.29, 1.82) is 0 Å². The second-order valence-corrected chi connectivity index (χ2v) is 12.2. The Kier molecular flexibility index (Phi) is 10.0. The molecule has 2 saturated heterocycles. The largest absolute Gasteiger partial charge is 0.392 e. The van der Waals surface area contributed by atoms with Gasteiger partial charge in [0, 0.05) is 74.5 Å². The molecule has 230 valence electrons. The van der Waals surface area contributed by atoms with Crippen molar-refractivity contribution in [3.8, 4) is 11.1 Å². The van der Waals surface area contributed by atoms with E-state index in [0.717, 1.165) is 92.2 Å². The van der Waals surface area contributed by atoms with E-state index in [1.54, 1.807) is 0 Å². The third-order valence-corrected chi connectivity index (χ3v) is 9.00. The zero-order valence-corrected chi connectivity index (χ0v) is 26.0. The molecule has 2 aromatic carbocycles. The highest BCUT2D eigenvalue weighted by atomic mass is 16.5. The monoisotopic (exact) mass is 586 g/mol. The molecular weight excluding hydrogens is 540 g/mol. The Hall–Kier alpha value is -3.46. The Balaban J connectivity index is 1.47. The van der Waals surface area contributed by atoms with Gasteiger partial charge in [0.1, 0.15) is 0 Å². The number of H-pyrrole nitrogens is 1. The summed E-state index contributed by atoms with van der Waals surface area (Å²) < 4.78 is 5.77. The molecule has 3 aromatic rings. The summed E-state index contributed by atoms with van der Waals surface area (Å²) in [7, 11) is 0. The average Bonchev–Trinajstić information content (AvgIpc) is 3.20. The number of benzene rings is 2. The molecule has 8 nitrogen and oxygen atoms in total. The van der Waals surface area contributed by atoms with Crippen LogP contribution in [0.25, 0.3) is 11.1 Å². The van der Waals surface area contributed by atoms with Crippen LogP contribution >= 0.6 is 0 Å². The Morgan fingerprint density at radius 1 is 1.07 bits per heavy atom. The fourth-order valence-corrected chi connectivity index (χ4v) is 6.61. The van der Waals surface area contributed by atoms with Crippen molar-refractivity contribution in [3.63, 3.8) is 0 Å². The summed E-state index contributed by atoms with van der Waals surface area (Å²) in [5, 5.41) is 12.9. The number of rotatable bonds is 9. The number of aliphatic hydroxyl groups excluding tert-OH is 1. The second-order valence-electron chi connectivity index (χ2n) is 12.2. The quantitative estimate of drug-likeness (QED) is 0.331. The van der Waals surface area contributed by atoms with Crippen molar-refractivity contribution in [1.82, 2.24) is 15.2 Å². The molecule has 43 heavy (non-hydrogen) atoms. The Morgan fingerprint density at radius 2 is 1.86 bits per heavy atom. The zero-order valence-electron chi connectivity index (χ0n) is 26.0. The maximum Gasteiger partial charge on any atom is 0.253 e. The lowest BCUT2D eigenvalue weighted by atomic mass is 9.94. The van der Waals surface area contributed by atoms with Gasteiger partial charge in [0.15, 0.2) is 0 Å².